The Balaban J connectivity index is 1.63. The molecule has 12 heteroatoms. The van der Waals surface area contributed by atoms with Crippen LogP contribution >= 0.6 is 0 Å². The first kappa shape index (κ1) is 29.3. The van der Waals surface area contributed by atoms with Gasteiger partial charge in [0, 0.05) is 17.1 Å². The third-order valence-electron chi connectivity index (χ3n) is 6.33. The Morgan fingerprint density at radius 2 is 1.05 bits per heavy atom. The second-order valence-corrected chi connectivity index (χ2v) is 9.18. The van der Waals surface area contributed by atoms with E-state index in [1.807, 2.05) is 48.5 Å². The molecule has 4 aromatic carbocycles. The van der Waals surface area contributed by atoms with Gasteiger partial charge in [-0.15, -0.1) is 10.2 Å². The minimum absolute atomic E-state index is 0.00397. The minimum atomic E-state index is -1.12. The van der Waals surface area contributed by atoms with Gasteiger partial charge in [-0.25, -0.2) is 4.79 Å². The Bertz CT molecular complexity index is 1690. The zero-order valence-corrected chi connectivity index (χ0v) is 24.1. The highest BCUT2D eigenvalue weighted by molar-refractivity contribution is 5.93. The molecule has 0 unspecified atom stereocenters. The lowest BCUT2D eigenvalue weighted by Crippen LogP contribution is -2.05. The number of azo groups is 1. The summed E-state index contributed by atoms with van der Waals surface area (Å²) in [5.41, 5.74) is 2.52. The molecule has 0 amide bonds. The van der Waals surface area contributed by atoms with Crippen molar-refractivity contribution in [3.8, 4) is 17.2 Å². The molecule has 1 heterocycles. The smallest absolute Gasteiger partial charge is 0.337 e. The summed E-state index contributed by atoms with van der Waals surface area (Å²) in [5.74, 6) is 1.81. The summed E-state index contributed by atoms with van der Waals surface area (Å²) in [6, 6.07) is 28.2. The van der Waals surface area contributed by atoms with E-state index in [9.17, 15) is 9.90 Å². The van der Waals surface area contributed by atoms with Crippen LogP contribution in [-0.2, 0) is 0 Å². The van der Waals surface area contributed by atoms with Crippen LogP contribution in [0.4, 0.5) is 46.0 Å². The quantitative estimate of drug-likeness (QED) is 0.106. The maximum Gasteiger partial charge on any atom is 0.337 e. The highest BCUT2D eigenvalue weighted by Crippen LogP contribution is 2.38. The fraction of sp³-hybridized carbons (Fsp3) is 0.0938. The summed E-state index contributed by atoms with van der Waals surface area (Å²) in [6.07, 6.45) is 0. The summed E-state index contributed by atoms with van der Waals surface area (Å²) in [6.45, 7) is 0. The molecule has 222 valence electrons. The first-order valence-electron chi connectivity index (χ1n) is 13.3. The van der Waals surface area contributed by atoms with Crippen molar-refractivity contribution in [2.75, 3.05) is 37.3 Å². The van der Waals surface area contributed by atoms with Gasteiger partial charge in [0.25, 0.3) is 0 Å². The average molecular weight is 592 g/mol. The van der Waals surface area contributed by atoms with Crippen LogP contribution < -0.4 is 30.2 Å². The molecule has 0 aliphatic carbocycles. The molecule has 0 saturated carbocycles. The number of carbonyl (C=O) groups is 1. The largest absolute Gasteiger partial charge is 0.497 e. The number of hydrogen-bond donors (Lipinski definition) is 4. The van der Waals surface area contributed by atoms with Crippen LogP contribution in [0.1, 0.15) is 10.4 Å². The molecule has 0 aliphatic heterocycles. The Morgan fingerprint density at radius 1 is 0.614 bits per heavy atom. The molecule has 0 fully saturated rings. The number of benzene rings is 4. The number of nitrogens with zero attached hydrogens (tertiary/aromatic N) is 4. The van der Waals surface area contributed by atoms with Crippen molar-refractivity contribution in [1.82, 2.24) is 9.97 Å². The van der Waals surface area contributed by atoms with Gasteiger partial charge in [0.1, 0.15) is 22.9 Å². The molecular formula is C32H29N7O5. The molecule has 0 bridgehead atoms. The van der Waals surface area contributed by atoms with E-state index in [0.29, 0.717) is 40.3 Å². The number of nitrogens with one attached hydrogen (secondary N) is 3. The summed E-state index contributed by atoms with van der Waals surface area (Å²) < 4.78 is 15.9. The fourth-order valence-electron chi connectivity index (χ4n) is 4.05. The lowest BCUT2D eigenvalue weighted by molar-refractivity contribution is 0.0697. The van der Waals surface area contributed by atoms with Gasteiger partial charge in [-0.05, 0) is 84.9 Å². The lowest BCUT2D eigenvalue weighted by Gasteiger charge is -2.16. The van der Waals surface area contributed by atoms with Gasteiger partial charge in [-0.1, -0.05) is 12.1 Å². The maximum atomic E-state index is 11.8. The van der Waals surface area contributed by atoms with E-state index in [0.717, 1.165) is 5.69 Å². The fourth-order valence-corrected chi connectivity index (χ4v) is 4.05. The van der Waals surface area contributed by atoms with E-state index in [1.54, 1.807) is 63.8 Å². The number of carboxylic acid groups (broad SMARTS) is 1. The summed E-state index contributed by atoms with van der Waals surface area (Å²) in [5, 5.41) is 28.2. The molecular weight excluding hydrogens is 562 g/mol. The van der Waals surface area contributed by atoms with Gasteiger partial charge in [0.2, 0.25) is 5.95 Å². The van der Waals surface area contributed by atoms with E-state index < -0.39 is 5.97 Å². The second kappa shape index (κ2) is 13.7. The number of rotatable bonds is 12. The van der Waals surface area contributed by atoms with Crippen LogP contribution in [0, 0.1) is 0 Å². The van der Waals surface area contributed by atoms with Gasteiger partial charge >= 0.3 is 5.97 Å². The molecule has 0 aliphatic rings. The third-order valence-corrected chi connectivity index (χ3v) is 6.33. The van der Waals surface area contributed by atoms with Gasteiger partial charge in [0.05, 0.1) is 26.9 Å². The second-order valence-electron chi connectivity index (χ2n) is 9.18. The molecule has 5 rings (SSSR count). The number of carboxylic acids is 1. The monoisotopic (exact) mass is 591 g/mol. The van der Waals surface area contributed by atoms with Crippen molar-refractivity contribution < 1.29 is 24.1 Å². The topological polar surface area (TPSA) is 152 Å². The van der Waals surface area contributed by atoms with Gasteiger partial charge < -0.3 is 35.3 Å². The number of aromatic carboxylic acids is 1. The van der Waals surface area contributed by atoms with Gasteiger partial charge in [-0.3, -0.25) is 0 Å². The first-order chi connectivity index (χ1) is 21.4. The standard InChI is InChI=1S/C32H29N7O5/c1-42-23-14-8-20(9-15-23)33-29-28(39-38-27-7-5-4-6-26(27)31(40)41)30(34-21-10-16-24(43-2)17-11-21)37-32(36-29)35-22-12-18-25(44-3)19-13-22/h4-19H,1-3H3,(H,40,41)(H3,33,34,35,36,37). The normalized spacial score (nSPS) is 10.7. The number of methoxy groups -OCH3 is 3. The lowest BCUT2D eigenvalue weighted by atomic mass is 10.2. The Labute approximate surface area is 253 Å². The number of anilines is 6. The van der Waals surface area contributed by atoms with Crippen molar-refractivity contribution in [3.05, 3.63) is 103 Å². The van der Waals surface area contributed by atoms with Crippen molar-refractivity contribution in [2.45, 2.75) is 0 Å². The number of ether oxygens (including phenoxy) is 3. The Kier molecular flexibility index (Phi) is 9.11. The van der Waals surface area contributed by atoms with Crippen LogP contribution in [0.5, 0.6) is 17.2 Å². The van der Waals surface area contributed by atoms with Gasteiger partial charge in [0.15, 0.2) is 17.3 Å². The highest BCUT2D eigenvalue weighted by atomic mass is 16.5. The molecule has 0 atom stereocenters. The van der Waals surface area contributed by atoms with Gasteiger partial charge in [-0.2, -0.15) is 9.97 Å². The van der Waals surface area contributed by atoms with Crippen molar-refractivity contribution in [3.63, 3.8) is 0 Å². The van der Waals surface area contributed by atoms with E-state index in [4.69, 9.17) is 24.2 Å². The predicted octanol–water partition coefficient (Wildman–Crippen LogP) is 7.85. The van der Waals surface area contributed by atoms with E-state index in [1.165, 1.54) is 6.07 Å². The predicted molar refractivity (Wildman–Crippen MR) is 168 cm³/mol. The Morgan fingerprint density at radius 3 is 1.48 bits per heavy atom. The molecule has 44 heavy (non-hydrogen) atoms. The highest BCUT2D eigenvalue weighted by Gasteiger charge is 2.18. The maximum absolute atomic E-state index is 11.8. The van der Waals surface area contributed by atoms with Crippen LogP contribution in [0.2, 0.25) is 0 Å². The first-order valence-corrected chi connectivity index (χ1v) is 13.3. The molecule has 12 nitrogen and oxygen atoms in total. The Hall–Kier alpha value is -6.17. The zero-order valence-electron chi connectivity index (χ0n) is 24.1. The molecule has 0 saturated heterocycles. The van der Waals surface area contributed by atoms with E-state index in [2.05, 4.69) is 26.2 Å². The van der Waals surface area contributed by atoms with Crippen molar-refractivity contribution in [1.29, 1.82) is 0 Å². The third kappa shape index (κ3) is 7.18. The van der Waals surface area contributed by atoms with Crippen molar-refractivity contribution in [2.24, 2.45) is 10.2 Å². The summed E-state index contributed by atoms with van der Waals surface area (Å²) >= 11 is 0. The molecule has 5 aromatic rings. The summed E-state index contributed by atoms with van der Waals surface area (Å²) in [4.78, 5) is 21.3. The van der Waals surface area contributed by atoms with E-state index >= 15 is 0 Å². The SMILES string of the molecule is COc1ccc(Nc2nc(Nc3ccc(OC)cc3)c(N=Nc3ccccc3C(=O)O)c(Nc3ccc(OC)cc3)n2)cc1. The van der Waals surface area contributed by atoms with Crippen LogP contribution in [-0.4, -0.2) is 42.4 Å². The van der Waals surface area contributed by atoms with Crippen LogP contribution in [0.3, 0.4) is 0 Å². The van der Waals surface area contributed by atoms with Crippen LogP contribution in [0.15, 0.2) is 107 Å². The minimum Gasteiger partial charge on any atom is -0.497 e. The van der Waals surface area contributed by atoms with Crippen molar-refractivity contribution >= 4 is 52.0 Å². The average Bonchev–Trinajstić information content (AvgIpc) is 3.05. The zero-order chi connectivity index (χ0) is 30.9. The van der Waals surface area contributed by atoms with Crippen LogP contribution in [0.25, 0.3) is 0 Å². The molecule has 4 N–H and O–H groups in total. The molecule has 0 radical (unpaired) electrons. The van der Waals surface area contributed by atoms with E-state index in [-0.39, 0.29) is 22.9 Å². The summed E-state index contributed by atoms with van der Waals surface area (Å²) in [7, 11) is 4.78. The number of hydrogen-bond acceptors (Lipinski definition) is 11. The molecule has 0 spiro atoms. The molecule has 1 aromatic heterocycles. The number of aromatic nitrogens is 2.